The van der Waals surface area contributed by atoms with E-state index in [1.54, 1.807) is 18.3 Å². The maximum atomic E-state index is 12.4. The highest BCUT2D eigenvalue weighted by atomic mass is 16.1. The topological polar surface area (TPSA) is 71.8 Å². The molecule has 1 aliphatic rings. The van der Waals surface area contributed by atoms with Crippen LogP contribution in [0.3, 0.4) is 0 Å². The lowest BCUT2D eigenvalue weighted by Gasteiger charge is -2.32. The molecule has 6 nitrogen and oxygen atoms in total. The summed E-state index contributed by atoms with van der Waals surface area (Å²) < 4.78 is 2.19. The Morgan fingerprint density at radius 2 is 1.78 bits per heavy atom. The Morgan fingerprint density at radius 1 is 1.00 bits per heavy atom. The highest BCUT2D eigenvalue weighted by Crippen LogP contribution is 2.28. The van der Waals surface area contributed by atoms with E-state index < -0.39 is 0 Å². The predicted octanol–water partition coefficient (Wildman–Crippen LogP) is 3.65. The molecule has 2 N–H and O–H groups in total. The van der Waals surface area contributed by atoms with Crippen molar-refractivity contribution in [3.8, 4) is 11.3 Å². The van der Waals surface area contributed by atoms with E-state index in [2.05, 4.69) is 32.3 Å². The second kappa shape index (κ2) is 9.16. The number of hydrogen-bond donors (Lipinski definition) is 2. The zero-order chi connectivity index (χ0) is 21.8. The Balaban J connectivity index is 1.44. The second-order valence-corrected chi connectivity index (χ2v) is 7.88. The summed E-state index contributed by atoms with van der Waals surface area (Å²) in [5.74, 6) is 0.606. The van der Waals surface area contributed by atoms with Gasteiger partial charge in [-0.3, -0.25) is 10.1 Å². The second-order valence-electron chi connectivity index (χ2n) is 7.88. The molecule has 0 bridgehead atoms. The summed E-state index contributed by atoms with van der Waals surface area (Å²) in [6.45, 7) is 1.53. The van der Waals surface area contributed by atoms with Crippen LogP contribution in [0, 0.1) is 0 Å². The Kier molecular flexibility index (Phi) is 5.77. The van der Waals surface area contributed by atoms with Gasteiger partial charge in [-0.25, -0.2) is 9.97 Å². The predicted molar refractivity (Wildman–Crippen MR) is 127 cm³/mol. The highest BCUT2D eigenvalue weighted by Gasteiger charge is 2.24. The summed E-state index contributed by atoms with van der Waals surface area (Å²) >= 11 is 0. The molecular weight excluding hydrogens is 398 g/mol. The van der Waals surface area contributed by atoms with Crippen molar-refractivity contribution in [2.75, 3.05) is 18.4 Å². The van der Waals surface area contributed by atoms with Gasteiger partial charge in [0.25, 0.3) is 0 Å². The number of anilines is 1. The van der Waals surface area contributed by atoms with Gasteiger partial charge in [-0.15, -0.1) is 0 Å². The molecule has 5 rings (SSSR count). The SMILES string of the molecule is O=c1cc2n(c(-c3ccccc3)c1)C(c1ccnc(NCCc3ccccc3)n1)NCC2. The smallest absolute Gasteiger partial charge is 0.222 e. The number of rotatable bonds is 6. The van der Waals surface area contributed by atoms with E-state index in [0.29, 0.717) is 5.95 Å². The van der Waals surface area contributed by atoms with E-state index in [0.717, 1.165) is 48.6 Å². The van der Waals surface area contributed by atoms with Crippen molar-refractivity contribution in [2.45, 2.75) is 19.0 Å². The van der Waals surface area contributed by atoms with Crippen LogP contribution in [-0.4, -0.2) is 27.6 Å². The van der Waals surface area contributed by atoms with Gasteiger partial charge in [0.05, 0.1) is 11.4 Å². The van der Waals surface area contributed by atoms with E-state index in [-0.39, 0.29) is 11.6 Å². The lowest BCUT2D eigenvalue weighted by Crippen LogP contribution is -2.38. The lowest BCUT2D eigenvalue weighted by atomic mass is 10.1. The fourth-order valence-electron chi connectivity index (χ4n) is 4.20. The fourth-order valence-corrected chi connectivity index (χ4v) is 4.20. The van der Waals surface area contributed by atoms with Gasteiger partial charge in [-0.2, -0.15) is 0 Å². The zero-order valence-corrected chi connectivity index (χ0v) is 17.7. The molecule has 0 radical (unpaired) electrons. The largest absolute Gasteiger partial charge is 0.354 e. The van der Waals surface area contributed by atoms with Crippen molar-refractivity contribution in [3.63, 3.8) is 0 Å². The first kappa shape index (κ1) is 20.2. The van der Waals surface area contributed by atoms with Crippen molar-refractivity contribution in [1.29, 1.82) is 0 Å². The number of nitrogens with one attached hydrogen (secondary N) is 2. The number of benzene rings is 2. The number of pyridine rings is 1. The summed E-state index contributed by atoms with van der Waals surface area (Å²) in [4.78, 5) is 21.6. The van der Waals surface area contributed by atoms with Crippen molar-refractivity contribution in [3.05, 3.63) is 112 Å². The van der Waals surface area contributed by atoms with E-state index in [1.165, 1.54) is 5.56 Å². The standard InChI is InChI=1S/C26H25N5O/c32-22-17-21-12-15-27-25(31(21)24(18-22)20-9-5-2-6-10-20)23-13-16-29-26(30-23)28-14-11-19-7-3-1-4-8-19/h1-10,13,16-18,25,27H,11-12,14-15H2,(H,28,29,30). The molecular formula is C26H25N5O. The molecule has 1 unspecified atom stereocenters. The van der Waals surface area contributed by atoms with Gasteiger partial charge in [0.2, 0.25) is 5.95 Å². The quantitative estimate of drug-likeness (QED) is 0.495. The van der Waals surface area contributed by atoms with Gasteiger partial charge in [0, 0.05) is 43.5 Å². The maximum Gasteiger partial charge on any atom is 0.222 e. The minimum atomic E-state index is -0.174. The van der Waals surface area contributed by atoms with Crippen LogP contribution in [-0.2, 0) is 12.8 Å². The Bertz CT molecular complexity index is 1250. The van der Waals surface area contributed by atoms with Gasteiger partial charge >= 0.3 is 0 Å². The van der Waals surface area contributed by atoms with E-state index in [1.807, 2.05) is 54.6 Å². The molecule has 1 aliphatic heterocycles. The molecule has 6 heteroatoms. The summed E-state index contributed by atoms with van der Waals surface area (Å²) in [6.07, 6.45) is 3.30. The number of fused-ring (bicyclic) bond motifs is 1. The monoisotopic (exact) mass is 423 g/mol. The summed E-state index contributed by atoms with van der Waals surface area (Å²) in [7, 11) is 0. The normalized spacial score (nSPS) is 15.2. The molecule has 32 heavy (non-hydrogen) atoms. The molecule has 160 valence electrons. The van der Waals surface area contributed by atoms with E-state index in [9.17, 15) is 4.79 Å². The fraction of sp³-hybridized carbons (Fsp3) is 0.192. The van der Waals surface area contributed by atoms with Crippen molar-refractivity contribution < 1.29 is 0 Å². The van der Waals surface area contributed by atoms with Crippen molar-refractivity contribution in [1.82, 2.24) is 19.9 Å². The highest BCUT2D eigenvalue weighted by molar-refractivity contribution is 5.60. The van der Waals surface area contributed by atoms with Crippen LogP contribution in [0.25, 0.3) is 11.3 Å². The zero-order valence-electron chi connectivity index (χ0n) is 17.7. The molecule has 2 aromatic carbocycles. The number of nitrogens with zero attached hydrogens (tertiary/aromatic N) is 3. The molecule has 2 aromatic heterocycles. The average Bonchev–Trinajstić information content (AvgIpc) is 2.84. The van der Waals surface area contributed by atoms with Crippen molar-refractivity contribution in [2.24, 2.45) is 0 Å². The first-order chi connectivity index (χ1) is 15.8. The maximum absolute atomic E-state index is 12.4. The van der Waals surface area contributed by atoms with Gasteiger partial charge in [0.15, 0.2) is 5.43 Å². The lowest BCUT2D eigenvalue weighted by molar-refractivity contribution is 0.409. The summed E-state index contributed by atoms with van der Waals surface area (Å²) in [6, 6.07) is 25.8. The van der Waals surface area contributed by atoms with Crippen LogP contribution in [0.4, 0.5) is 5.95 Å². The summed E-state index contributed by atoms with van der Waals surface area (Å²) in [5, 5.41) is 6.92. The third-order valence-electron chi connectivity index (χ3n) is 5.70. The van der Waals surface area contributed by atoms with Gasteiger partial charge in [-0.05, 0) is 23.6 Å². The molecule has 0 fully saturated rings. The molecule has 4 aromatic rings. The molecule has 0 aliphatic carbocycles. The third kappa shape index (κ3) is 4.31. The molecule has 1 atom stereocenters. The Morgan fingerprint density at radius 3 is 2.59 bits per heavy atom. The van der Waals surface area contributed by atoms with E-state index >= 15 is 0 Å². The minimum absolute atomic E-state index is 0.0294. The number of aromatic nitrogens is 3. The van der Waals surface area contributed by atoms with Gasteiger partial charge < -0.3 is 9.88 Å². The van der Waals surface area contributed by atoms with Crippen LogP contribution in [0.2, 0.25) is 0 Å². The van der Waals surface area contributed by atoms with Gasteiger partial charge in [0.1, 0.15) is 6.17 Å². The number of hydrogen-bond acceptors (Lipinski definition) is 5. The van der Waals surface area contributed by atoms with E-state index in [4.69, 9.17) is 4.98 Å². The Hall–Kier alpha value is -3.77. The average molecular weight is 424 g/mol. The van der Waals surface area contributed by atoms with Crippen molar-refractivity contribution >= 4 is 5.95 Å². The molecule has 0 saturated carbocycles. The minimum Gasteiger partial charge on any atom is -0.354 e. The first-order valence-electron chi connectivity index (χ1n) is 10.9. The first-order valence-corrected chi connectivity index (χ1v) is 10.9. The molecule has 0 amide bonds. The third-order valence-corrected chi connectivity index (χ3v) is 5.70. The van der Waals surface area contributed by atoms with Crippen LogP contribution < -0.4 is 16.1 Å². The Labute approximate surface area is 187 Å². The molecule has 0 saturated heterocycles. The van der Waals surface area contributed by atoms with Crippen LogP contribution in [0.1, 0.15) is 23.1 Å². The van der Waals surface area contributed by atoms with Gasteiger partial charge in [-0.1, -0.05) is 60.7 Å². The summed E-state index contributed by atoms with van der Waals surface area (Å²) in [5.41, 5.74) is 5.08. The molecule has 0 spiro atoms. The molecule has 3 heterocycles. The van der Waals surface area contributed by atoms with Crippen LogP contribution in [0.15, 0.2) is 89.9 Å². The van der Waals surface area contributed by atoms with Crippen LogP contribution >= 0.6 is 0 Å². The van der Waals surface area contributed by atoms with Crippen LogP contribution in [0.5, 0.6) is 0 Å².